The minimum absolute atomic E-state index is 0.0327. The standard InChI is InChI=1S/C40H51N3O18S3/c44-32-21-26(62(53,54)55)18-29(35(32)47)38(50)41(15-9-17-43(25-12-5-2-6-13-25)40(52)31-20-28(64(59,60)61)23-34(46)37(31)49)14-7-8-16-42(24-10-3-1-4-11-24)39(51)30-19-27(63(56,57)58)22-33(45)36(30)48/h18-25,44-49H,1-17H2,(H,53,54,55)(H,56,57,58)(H,59,60,61). The molecule has 9 N–H and O–H groups in total. The number of carbonyl (C=O) groups excluding carboxylic acids is 3. The summed E-state index contributed by atoms with van der Waals surface area (Å²) in [7, 11) is -14.9. The summed E-state index contributed by atoms with van der Waals surface area (Å²) in [5.41, 5.74) is -1.93. The van der Waals surface area contributed by atoms with Crippen molar-refractivity contribution in [3.8, 4) is 34.5 Å². The van der Waals surface area contributed by atoms with Crippen LogP contribution in [0.1, 0.15) is 115 Å². The molecule has 2 aliphatic carbocycles. The molecule has 3 amide bonds. The smallest absolute Gasteiger partial charge is 0.294 e. The number of carbonyl (C=O) groups is 3. The number of hydrogen-bond donors (Lipinski definition) is 9. The molecule has 3 aromatic carbocycles. The highest BCUT2D eigenvalue weighted by Crippen LogP contribution is 2.37. The van der Waals surface area contributed by atoms with E-state index < -0.39 is 120 Å². The quantitative estimate of drug-likeness (QED) is 0.0519. The Morgan fingerprint density at radius 3 is 1.08 bits per heavy atom. The summed E-state index contributed by atoms with van der Waals surface area (Å²) in [5.74, 6) is -8.65. The van der Waals surface area contributed by atoms with Gasteiger partial charge in [0.25, 0.3) is 48.1 Å². The molecule has 352 valence electrons. The van der Waals surface area contributed by atoms with Crippen molar-refractivity contribution in [1.29, 1.82) is 0 Å². The van der Waals surface area contributed by atoms with E-state index in [2.05, 4.69) is 0 Å². The predicted octanol–water partition coefficient (Wildman–Crippen LogP) is 4.22. The molecule has 0 radical (unpaired) electrons. The minimum atomic E-state index is -5.00. The van der Waals surface area contributed by atoms with Gasteiger partial charge in [0.2, 0.25) is 0 Å². The molecule has 64 heavy (non-hydrogen) atoms. The summed E-state index contributed by atoms with van der Waals surface area (Å²) in [4.78, 5) is 43.5. The van der Waals surface area contributed by atoms with Crippen molar-refractivity contribution in [2.45, 2.75) is 110 Å². The normalized spacial score (nSPS) is 15.4. The average Bonchev–Trinajstić information content (AvgIpc) is 3.23. The maximum atomic E-state index is 14.2. The summed E-state index contributed by atoms with van der Waals surface area (Å²) in [6.07, 6.45) is 6.92. The average molecular weight is 958 g/mol. The van der Waals surface area contributed by atoms with Gasteiger partial charge in [0.15, 0.2) is 34.5 Å². The zero-order valence-electron chi connectivity index (χ0n) is 34.4. The molecule has 0 heterocycles. The fourth-order valence-corrected chi connectivity index (χ4v) is 9.79. The maximum absolute atomic E-state index is 14.2. The number of rotatable bonds is 17. The lowest BCUT2D eigenvalue weighted by Gasteiger charge is -2.36. The van der Waals surface area contributed by atoms with Gasteiger partial charge in [0, 0.05) is 56.5 Å². The second-order valence-corrected chi connectivity index (χ2v) is 20.1. The third-order valence-electron chi connectivity index (χ3n) is 11.5. The second-order valence-electron chi connectivity index (χ2n) is 15.9. The van der Waals surface area contributed by atoms with Crippen LogP contribution in [0.25, 0.3) is 0 Å². The van der Waals surface area contributed by atoms with Gasteiger partial charge >= 0.3 is 0 Å². The first-order valence-corrected chi connectivity index (χ1v) is 24.7. The van der Waals surface area contributed by atoms with Crippen LogP contribution in [0.4, 0.5) is 0 Å². The van der Waals surface area contributed by atoms with Crippen LogP contribution in [0, 0.1) is 0 Å². The van der Waals surface area contributed by atoms with Crippen LogP contribution in [0.15, 0.2) is 51.1 Å². The van der Waals surface area contributed by atoms with Gasteiger partial charge in [0.1, 0.15) is 0 Å². The van der Waals surface area contributed by atoms with Crippen LogP contribution in [-0.2, 0) is 30.4 Å². The van der Waals surface area contributed by atoms with E-state index in [-0.39, 0.29) is 51.5 Å². The highest BCUT2D eigenvalue weighted by Gasteiger charge is 2.33. The van der Waals surface area contributed by atoms with Gasteiger partial charge in [-0.25, -0.2) is 0 Å². The van der Waals surface area contributed by atoms with Gasteiger partial charge in [-0.05, 0) is 63.1 Å². The van der Waals surface area contributed by atoms with Gasteiger partial charge in [-0.1, -0.05) is 38.5 Å². The Morgan fingerprint density at radius 2 is 0.734 bits per heavy atom. The van der Waals surface area contributed by atoms with E-state index in [0.29, 0.717) is 68.9 Å². The Labute approximate surface area is 369 Å². The molecule has 5 rings (SSSR count). The van der Waals surface area contributed by atoms with E-state index in [0.717, 1.165) is 36.6 Å². The van der Waals surface area contributed by atoms with E-state index in [1.807, 2.05) is 0 Å². The second kappa shape index (κ2) is 20.2. The number of aromatic hydroxyl groups is 6. The molecule has 0 bridgehead atoms. The number of benzene rings is 3. The highest BCUT2D eigenvalue weighted by molar-refractivity contribution is 7.86. The van der Waals surface area contributed by atoms with Gasteiger partial charge in [0.05, 0.1) is 31.4 Å². The summed E-state index contributed by atoms with van der Waals surface area (Å²) in [6, 6.07) is 2.96. The Hall–Kier alpha value is -5.40. The molecule has 0 aliphatic heterocycles. The van der Waals surface area contributed by atoms with Crippen molar-refractivity contribution in [2.75, 3.05) is 26.2 Å². The first-order valence-electron chi connectivity index (χ1n) is 20.4. The molecule has 2 aliphatic rings. The van der Waals surface area contributed by atoms with Crippen molar-refractivity contribution in [1.82, 2.24) is 14.7 Å². The highest BCUT2D eigenvalue weighted by atomic mass is 32.2. The lowest BCUT2D eigenvalue weighted by atomic mass is 9.93. The van der Waals surface area contributed by atoms with E-state index in [1.54, 1.807) is 0 Å². The third-order valence-corrected chi connectivity index (χ3v) is 14.0. The molecule has 0 unspecified atom stereocenters. The molecule has 0 saturated heterocycles. The number of nitrogens with zero attached hydrogens (tertiary/aromatic N) is 3. The van der Waals surface area contributed by atoms with Crippen molar-refractivity contribution >= 4 is 48.1 Å². The summed E-state index contributed by atoms with van der Waals surface area (Å²) in [5, 5.41) is 62.8. The molecular weight excluding hydrogens is 907 g/mol. The summed E-state index contributed by atoms with van der Waals surface area (Å²) in [6.45, 7) is -0.576. The van der Waals surface area contributed by atoms with Gasteiger partial charge in [-0.15, -0.1) is 0 Å². The molecule has 2 fully saturated rings. The minimum Gasteiger partial charge on any atom is -0.504 e. The Balaban J connectivity index is 1.43. The first-order chi connectivity index (χ1) is 29.9. The molecule has 21 nitrogen and oxygen atoms in total. The van der Waals surface area contributed by atoms with E-state index in [9.17, 15) is 83.9 Å². The van der Waals surface area contributed by atoms with Gasteiger partial charge < -0.3 is 45.3 Å². The van der Waals surface area contributed by atoms with E-state index in [1.165, 1.54) is 9.80 Å². The molecule has 24 heteroatoms. The molecule has 0 spiro atoms. The first kappa shape index (κ1) is 49.6. The monoisotopic (exact) mass is 957 g/mol. The van der Waals surface area contributed by atoms with Crippen molar-refractivity contribution in [3.05, 3.63) is 53.1 Å². The number of phenols is 6. The molecule has 0 aromatic heterocycles. The van der Waals surface area contributed by atoms with Crippen LogP contribution >= 0.6 is 0 Å². The maximum Gasteiger partial charge on any atom is 0.294 e. The van der Waals surface area contributed by atoms with Gasteiger partial charge in [-0.3, -0.25) is 28.0 Å². The Kier molecular flexibility index (Phi) is 15.7. The summed E-state index contributed by atoms with van der Waals surface area (Å²) < 4.78 is 101. The predicted molar refractivity (Wildman–Crippen MR) is 224 cm³/mol. The van der Waals surface area contributed by atoms with Crippen molar-refractivity contribution in [2.24, 2.45) is 0 Å². The lowest BCUT2D eigenvalue weighted by molar-refractivity contribution is 0.0591. The molecule has 2 saturated carbocycles. The largest absolute Gasteiger partial charge is 0.504 e. The van der Waals surface area contributed by atoms with E-state index >= 15 is 0 Å². The molecule has 0 atom stereocenters. The van der Waals surface area contributed by atoms with Crippen LogP contribution in [0.3, 0.4) is 0 Å². The zero-order chi connectivity index (χ0) is 47.3. The molecular formula is C40H51N3O18S3. The van der Waals surface area contributed by atoms with E-state index in [4.69, 9.17) is 0 Å². The zero-order valence-corrected chi connectivity index (χ0v) is 36.9. The van der Waals surface area contributed by atoms with Crippen molar-refractivity contribution < 1.29 is 83.9 Å². The fourth-order valence-electron chi connectivity index (χ4n) is 8.21. The SMILES string of the molecule is O=C(c1cc(S(=O)(=O)O)cc(O)c1O)N(CCCCN(C(=O)c1cc(S(=O)(=O)O)cc(O)c1O)C1CCCCC1)CCCN(C(=O)c1cc(S(=O)(=O)O)cc(O)c1O)C1CCCCC1. The van der Waals surface area contributed by atoms with Gasteiger partial charge in [-0.2, -0.15) is 25.3 Å². The third kappa shape index (κ3) is 11.8. The topological polar surface area (TPSA) is 345 Å². The van der Waals surface area contributed by atoms with Crippen LogP contribution < -0.4 is 0 Å². The van der Waals surface area contributed by atoms with Crippen LogP contribution in [0.2, 0.25) is 0 Å². The number of phenolic OH excluding ortho intramolecular Hbond substituents is 6. The number of unbranched alkanes of at least 4 members (excludes halogenated alkanes) is 1. The molecule has 3 aromatic rings. The Morgan fingerprint density at radius 1 is 0.438 bits per heavy atom. The Bertz CT molecular complexity index is 2590. The number of amides is 3. The number of hydrogen-bond acceptors (Lipinski definition) is 15. The fraction of sp³-hybridized carbons (Fsp3) is 0.475. The summed E-state index contributed by atoms with van der Waals surface area (Å²) >= 11 is 0. The van der Waals surface area contributed by atoms with Crippen LogP contribution in [-0.4, -0.2) is 140 Å². The van der Waals surface area contributed by atoms with Crippen LogP contribution in [0.5, 0.6) is 34.5 Å². The van der Waals surface area contributed by atoms with Crippen molar-refractivity contribution in [3.63, 3.8) is 0 Å². The lowest BCUT2D eigenvalue weighted by Crippen LogP contribution is -2.44.